The minimum atomic E-state index is 0. The fourth-order valence-corrected chi connectivity index (χ4v) is 1.66. The smallest absolute Gasteiger partial charge is 0.191 e. The SMILES string of the molecule is CN=C(NCC(C)SC)NC(C)CCC(C)C.I. The van der Waals surface area contributed by atoms with Crippen molar-refractivity contribution in [1.82, 2.24) is 10.6 Å². The summed E-state index contributed by atoms with van der Waals surface area (Å²) in [6.07, 6.45) is 4.58. The van der Waals surface area contributed by atoms with Gasteiger partial charge in [0, 0.05) is 24.9 Å². The summed E-state index contributed by atoms with van der Waals surface area (Å²) in [4.78, 5) is 4.25. The number of rotatable bonds is 7. The second-order valence-corrected chi connectivity index (χ2v) is 6.29. The Morgan fingerprint density at radius 1 is 1.17 bits per heavy atom. The molecule has 0 aliphatic carbocycles. The van der Waals surface area contributed by atoms with Crippen molar-refractivity contribution in [3.05, 3.63) is 0 Å². The van der Waals surface area contributed by atoms with Crippen LogP contribution in [0.5, 0.6) is 0 Å². The lowest BCUT2D eigenvalue weighted by atomic mass is 10.0. The fraction of sp³-hybridized carbons (Fsp3) is 0.923. The Hall–Kier alpha value is 0.350. The van der Waals surface area contributed by atoms with Crippen LogP contribution in [0.3, 0.4) is 0 Å². The predicted octanol–water partition coefficient (Wildman–Crippen LogP) is 3.35. The highest BCUT2D eigenvalue weighted by molar-refractivity contribution is 14.0. The average molecular weight is 387 g/mol. The van der Waals surface area contributed by atoms with Crippen LogP contribution in [0.2, 0.25) is 0 Å². The molecule has 0 fully saturated rings. The van der Waals surface area contributed by atoms with E-state index < -0.39 is 0 Å². The summed E-state index contributed by atoms with van der Waals surface area (Å²) in [5, 5.41) is 7.40. The minimum absolute atomic E-state index is 0. The van der Waals surface area contributed by atoms with Crippen LogP contribution in [0, 0.1) is 5.92 Å². The van der Waals surface area contributed by atoms with Crippen LogP contribution >= 0.6 is 35.7 Å². The number of halogens is 1. The molecule has 0 aliphatic rings. The maximum absolute atomic E-state index is 4.25. The maximum Gasteiger partial charge on any atom is 0.191 e. The van der Waals surface area contributed by atoms with Crippen molar-refractivity contribution in [1.29, 1.82) is 0 Å². The first-order chi connectivity index (χ1) is 7.99. The van der Waals surface area contributed by atoms with Crippen molar-refractivity contribution in [2.75, 3.05) is 19.8 Å². The number of hydrogen-bond donors (Lipinski definition) is 2. The molecule has 0 bridgehead atoms. The largest absolute Gasteiger partial charge is 0.355 e. The Morgan fingerprint density at radius 2 is 1.78 bits per heavy atom. The van der Waals surface area contributed by atoms with Gasteiger partial charge in [0.05, 0.1) is 0 Å². The molecule has 0 spiro atoms. The summed E-state index contributed by atoms with van der Waals surface area (Å²) >= 11 is 1.87. The number of nitrogens with zero attached hydrogens (tertiary/aromatic N) is 1. The maximum atomic E-state index is 4.25. The Balaban J connectivity index is 0. The highest BCUT2D eigenvalue weighted by Crippen LogP contribution is 2.06. The van der Waals surface area contributed by atoms with E-state index in [1.54, 1.807) is 0 Å². The molecular weight excluding hydrogens is 357 g/mol. The van der Waals surface area contributed by atoms with Gasteiger partial charge in [-0.25, -0.2) is 0 Å². The highest BCUT2D eigenvalue weighted by atomic mass is 127. The van der Waals surface area contributed by atoms with E-state index in [4.69, 9.17) is 0 Å². The molecule has 0 amide bonds. The molecule has 0 rings (SSSR count). The van der Waals surface area contributed by atoms with Gasteiger partial charge in [0.15, 0.2) is 5.96 Å². The lowest BCUT2D eigenvalue weighted by Crippen LogP contribution is -2.44. The zero-order valence-corrected chi connectivity index (χ0v) is 15.8. The van der Waals surface area contributed by atoms with Crippen molar-refractivity contribution < 1.29 is 0 Å². The van der Waals surface area contributed by atoms with Crippen LogP contribution in [0.25, 0.3) is 0 Å². The summed E-state index contributed by atoms with van der Waals surface area (Å²) in [5.41, 5.74) is 0. The first kappa shape index (κ1) is 20.7. The van der Waals surface area contributed by atoms with E-state index in [9.17, 15) is 0 Å². The first-order valence-corrected chi connectivity index (χ1v) is 7.78. The quantitative estimate of drug-likeness (QED) is 0.400. The van der Waals surface area contributed by atoms with Crippen LogP contribution in [0.1, 0.15) is 40.5 Å². The van der Waals surface area contributed by atoms with Crippen LogP contribution in [0.15, 0.2) is 4.99 Å². The standard InChI is InChI=1S/C13H29N3S.HI/c1-10(2)7-8-11(3)16-13(14-5)15-9-12(4)17-6;/h10-12H,7-9H2,1-6H3,(H2,14,15,16);1H. The van der Waals surface area contributed by atoms with Gasteiger partial charge in [0.2, 0.25) is 0 Å². The molecule has 0 aliphatic heterocycles. The summed E-state index contributed by atoms with van der Waals surface area (Å²) in [5.74, 6) is 1.69. The number of nitrogens with one attached hydrogen (secondary N) is 2. The van der Waals surface area contributed by atoms with Gasteiger partial charge in [-0.15, -0.1) is 24.0 Å². The summed E-state index contributed by atoms with van der Waals surface area (Å²) in [6, 6.07) is 0.480. The van der Waals surface area contributed by atoms with Crippen LogP contribution in [-0.2, 0) is 0 Å². The number of guanidine groups is 1. The van der Waals surface area contributed by atoms with Gasteiger partial charge in [-0.1, -0.05) is 20.8 Å². The van der Waals surface area contributed by atoms with Gasteiger partial charge < -0.3 is 10.6 Å². The van der Waals surface area contributed by atoms with Crippen LogP contribution in [-0.4, -0.2) is 37.1 Å². The van der Waals surface area contributed by atoms with Crippen molar-refractivity contribution in [3.63, 3.8) is 0 Å². The second kappa shape index (κ2) is 12.4. The molecule has 0 radical (unpaired) electrons. The van der Waals surface area contributed by atoms with E-state index >= 15 is 0 Å². The van der Waals surface area contributed by atoms with Crippen molar-refractivity contribution >= 4 is 41.7 Å². The molecule has 110 valence electrons. The highest BCUT2D eigenvalue weighted by Gasteiger charge is 2.07. The zero-order chi connectivity index (χ0) is 13.3. The topological polar surface area (TPSA) is 36.4 Å². The molecule has 2 unspecified atom stereocenters. The van der Waals surface area contributed by atoms with E-state index in [1.807, 2.05) is 18.8 Å². The summed E-state index contributed by atoms with van der Waals surface area (Å²) in [7, 11) is 1.83. The van der Waals surface area contributed by atoms with Gasteiger partial charge in [-0.3, -0.25) is 4.99 Å². The van der Waals surface area contributed by atoms with E-state index in [0.29, 0.717) is 11.3 Å². The first-order valence-electron chi connectivity index (χ1n) is 6.49. The second-order valence-electron chi connectivity index (χ2n) is 5.02. The van der Waals surface area contributed by atoms with E-state index in [0.717, 1.165) is 18.4 Å². The Kier molecular flexibility index (Phi) is 14.2. The lowest BCUT2D eigenvalue weighted by molar-refractivity contribution is 0.489. The van der Waals surface area contributed by atoms with Gasteiger partial charge in [-0.05, 0) is 31.9 Å². The lowest BCUT2D eigenvalue weighted by Gasteiger charge is -2.19. The third-order valence-corrected chi connectivity index (χ3v) is 3.71. The molecule has 0 aromatic rings. The molecule has 3 nitrogen and oxygen atoms in total. The molecule has 2 N–H and O–H groups in total. The fourth-order valence-electron chi connectivity index (χ4n) is 1.41. The Bertz CT molecular complexity index is 222. The third-order valence-electron chi connectivity index (χ3n) is 2.74. The molecule has 5 heteroatoms. The number of aliphatic imine (C=N–C) groups is 1. The number of thioether (sulfide) groups is 1. The van der Waals surface area contributed by atoms with Crippen LogP contribution in [0.4, 0.5) is 0 Å². The van der Waals surface area contributed by atoms with E-state index in [-0.39, 0.29) is 24.0 Å². The van der Waals surface area contributed by atoms with Gasteiger partial charge in [-0.2, -0.15) is 11.8 Å². The van der Waals surface area contributed by atoms with E-state index in [1.165, 1.54) is 12.8 Å². The minimum Gasteiger partial charge on any atom is -0.355 e. The Labute approximate surface area is 134 Å². The molecule has 0 aromatic carbocycles. The van der Waals surface area contributed by atoms with Gasteiger partial charge >= 0.3 is 0 Å². The van der Waals surface area contributed by atoms with Gasteiger partial charge in [0.25, 0.3) is 0 Å². The van der Waals surface area contributed by atoms with Crippen LogP contribution < -0.4 is 10.6 Å². The monoisotopic (exact) mass is 387 g/mol. The average Bonchev–Trinajstić information content (AvgIpc) is 2.31. The number of hydrogen-bond acceptors (Lipinski definition) is 2. The summed E-state index contributed by atoms with van der Waals surface area (Å²) in [6.45, 7) is 9.91. The molecule has 0 saturated heterocycles. The van der Waals surface area contributed by atoms with E-state index in [2.05, 4.69) is 49.6 Å². The Morgan fingerprint density at radius 3 is 2.22 bits per heavy atom. The molecule has 18 heavy (non-hydrogen) atoms. The van der Waals surface area contributed by atoms with Gasteiger partial charge in [0.1, 0.15) is 0 Å². The molecule has 2 atom stereocenters. The molecule has 0 saturated carbocycles. The van der Waals surface area contributed by atoms with Crippen molar-refractivity contribution in [2.24, 2.45) is 10.9 Å². The zero-order valence-electron chi connectivity index (χ0n) is 12.6. The van der Waals surface area contributed by atoms with Crippen molar-refractivity contribution in [3.8, 4) is 0 Å². The normalized spacial score (nSPS) is 14.9. The molecular formula is C13H30IN3S. The third kappa shape index (κ3) is 11.4. The predicted molar refractivity (Wildman–Crippen MR) is 96.4 cm³/mol. The molecule has 0 heterocycles. The van der Waals surface area contributed by atoms with Crippen molar-refractivity contribution in [2.45, 2.75) is 51.8 Å². The molecule has 0 aromatic heterocycles. The summed E-state index contributed by atoms with van der Waals surface area (Å²) < 4.78 is 0.